The van der Waals surface area contributed by atoms with Gasteiger partial charge in [0.15, 0.2) is 11.6 Å². The van der Waals surface area contributed by atoms with E-state index in [9.17, 15) is 29.7 Å². The zero-order chi connectivity index (χ0) is 23.0. The maximum atomic E-state index is 13.6. The predicted octanol–water partition coefficient (Wildman–Crippen LogP) is 2.75. The molecule has 1 aromatic rings. The molecule has 7 heteroatoms. The minimum Gasteiger partial charge on any atom is -0.511 e. The number of carbonyl (C=O) groups is 3. The highest BCUT2D eigenvalue weighted by atomic mass is 16.3. The SMILES string of the molecule is CCc1cc(N(C)C)c2c(c1O)C(=O)C1=C(O)C(C(=O)CC(C)=O)C(CCO)CC1C2. The summed E-state index contributed by atoms with van der Waals surface area (Å²) < 4.78 is 0. The maximum absolute atomic E-state index is 13.6. The molecule has 2 aliphatic rings. The normalized spacial score (nSPS) is 22.7. The van der Waals surface area contributed by atoms with Gasteiger partial charge in [-0.25, -0.2) is 0 Å². The third-order valence-electron chi connectivity index (χ3n) is 6.56. The number of fused-ring (bicyclic) bond motifs is 2. The number of aryl methyl sites for hydroxylation is 1. The highest BCUT2D eigenvalue weighted by Crippen LogP contribution is 2.49. The Morgan fingerprint density at radius 1 is 1.23 bits per heavy atom. The Hall–Kier alpha value is -2.67. The summed E-state index contributed by atoms with van der Waals surface area (Å²) in [6.07, 6.45) is 1.41. The number of nitrogens with zero attached hydrogens (tertiary/aromatic N) is 1. The van der Waals surface area contributed by atoms with Crippen molar-refractivity contribution in [2.45, 2.75) is 46.0 Å². The van der Waals surface area contributed by atoms with Gasteiger partial charge in [0.1, 0.15) is 17.3 Å². The first-order chi connectivity index (χ1) is 14.6. The molecule has 1 aromatic carbocycles. The summed E-state index contributed by atoms with van der Waals surface area (Å²) >= 11 is 0. The van der Waals surface area contributed by atoms with Crippen LogP contribution in [-0.2, 0) is 22.4 Å². The van der Waals surface area contributed by atoms with Gasteiger partial charge >= 0.3 is 0 Å². The zero-order valence-corrected chi connectivity index (χ0v) is 18.6. The van der Waals surface area contributed by atoms with Gasteiger partial charge in [-0.1, -0.05) is 6.92 Å². The van der Waals surface area contributed by atoms with E-state index in [1.807, 2.05) is 32.0 Å². The van der Waals surface area contributed by atoms with E-state index in [2.05, 4.69) is 0 Å². The molecule has 0 saturated carbocycles. The number of aliphatic hydroxyl groups is 2. The van der Waals surface area contributed by atoms with Crippen molar-refractivity contribution in [1.29, 1.82) is 0 Å². The monoisotopic (exact) mass is 429 g/mol. The largest absolute Gasteiger partial charge is 0.511 e. The second-order valence-electron chi connectivity index (χ2n) is 8.86. The van der Waals surface area contributed by atoms with Crippen LogP contribution in [0.1, 0.15) is 54.6 Å². The number of anilines is 1. The number of benzene rings is 1. The van der Waals surface area contributed by atoms with E-state index < -0.39 is 17.5 Å². The molecule has 3 N–H and O–H groups in total. The van der Waals surface area contributed by atoms with Crippen molar-refractivity contribution in [1.82, 2.24) is 0 Å². The van der Waals surface area contributed by atoms with Gasteiger partial charge in [-0.15, -0.1) is 0 Å². The molecule has 0 aliphatic heterocycles. The molecule has 168 valence electrons. The molecule has 0 heterocycles. The van der Waals surface area contributed by atoms with Crippen molar-refractivity contribution < 1.29 is 29.7 Å². The van der Waals surface area contributed by atoms with Crippen LogP contribution < -0.4 is 4.90 Å². The van der Waals surface area contributed by atoms with Crippen LogP contribution in [0.15, 0.2) is 17.4 Å². The number of aromatic hydroxyl groups is 1. The summed E-state index contributed by atoms with van der Waals surface area (Å²) in [5, 5.41) is 31.4. The number of phenolic OH excluding ortho intramolecular Hbond substituents is 1. The van der Waals surface area contributed by atoms with Crippen LogP contribution in [0.25, 0.3) is 0 Å². The molecule has 0 fully saturated rings. The molecule has 0 radical (unpaired) electrons. The maximum Gasteiger partial charge on any atom is 0.196 e. The third-order valence-corrected chi connectivity index (χ3v) is 6.56. The smallest absolute Gasteiger partial charge is 0.196 e. The number of Topliss-reactive ketones (excluding diaryl/α,β-unsaturated/α-hetero) is 3. The fraction of sp³-hybridized carbons (Fsp3) is 0.542. The number of ketones is 3. The Balaban J connectivity index is 2.19. The molecule has 0 aromatic heterocycles. The summed E-state index contributed by atoms with van der Waals surface area (Å²) in [4.78, 5) is 39.8. The molecule has 7 nitrogen and oxygen atoms in total. The van der Waals surface area contributed by atoms with E-state index in [1.54, 1.807) is 0 Å². The van der Waals surface area contributed by atoms with E-state index in [4.69, 9.17) is 0 Å². The lowest BCUT2D eigenvalue weighted by atomic mass is 9.64. The Kier molecular flexibility index (Phi) is 6.55. The van der Waals surface area contributed by atoms with Gasteiger partial charge in [-0.3, -0.25) is 14.4 Å². The van der Waals surface area contributed by atoms with Crippen molar-refractivity contribution in [3.05, 3.63) is 34.1 Å². The van der Waals surface area contributed by atoms with Crippen LogP contribution in [0.4, 0.5) is 5.69 Å². The number of carbonyl (C=O) groups excluding carboxylic acids is 3. The average Bonchev–Trinajstić information content (AvgIpc) is 2.67. The molecule has 0 bridgehead atoms. The second-order valence-corrected chi connectivity index (χ2v) is 8.86. The van der Waals surface area contributed by atoms with Crippen LogP contribution in [0.5, 0.6) is 5.75 Å². The molecule has 3 atom stereocenters. The first kappa shape index (κ1) is 23.0. The number of aliphatic hydroxyl groups excluding tert-OH is 2. The Morgan fingerprint density at radius 2 is 1.90 bits per heavy atom. The summed E-state index contributed by atoms with van der Waals surface area (Å²) in [6, 6.07) is 1.89. The molecule has 3 rings (SSSR count). The molecule has 0 spiro atoms. The summed E-state index contributed by atoms with van der Waals surface area (Å²) in [5.41, 5.74) is 2.59. The van der Waals surface area contributed by atoms with E-state index in [0.717, 1.165) is 11.3 Å². The molecular formula is C24H31NO6. The molecule has 2 aliphatic carbocycles. The number of hydrogen-bond acceptors (Lipinski definition) is 7. The van der Waals surface area contributed by atoms with Crippen LogP contribution in [0, 0.1) is 17.8 Å². The molecule has 0 amide bonds. The topological polar surface area (TPSA) is 115 Å². The first-order valence-corrected chi connectivity index (χ1v) is 10.8. The van der Waals surface area contributed by atoms with Crippen molar-refractivity contribution in [2.75, 3.05) is 25.6 Å². The molecule has 31 heavy (non-hydrogen) atoms. The second kappa shape index (κ2) is 8.83. The van der Waals surface area contributed by atoms with Gasteiger partial charge in [0, 0.05) is 32.0 Å². The quantitative estimate of drug-likeness (QED) is 0.571. The van der Waals surface area contributed by atoms with Gasteiger partial charge in [-0.05, 0) is 61.6 Å². The Bertz CT molecular complexity index is 961. The van der Waals surface area contributed by atoms with E-state index in [0.29, 0.717) is 31.2 Å². The van der Waals surface area contributed by atoms with E-state index in [-0.39, 0.29) is 53.3 Å². The Labute approximate surface area is 182 Å². The first-order valence-electron chi connectivity index (χ1n) is 10.8. The lowest BCUT2D eigenvalue weighted by Gasteiger charge is -2.39. The van der Waals surface area contributed by atoms with Crippen LogP contribution in [0.2, 0.25) is 0 Å². The van der Waals surface area contributed by atoms with Crippen LogP contribution in [0.3, 0.4) is 0 Å². The number of phenols is 1. The molecule has 0 saturated heterocycles. The minimum atomic E-state index is -0.988. The summed E-state index contributed by atoms with van der Waals surface area (Å²) in [7, 11) is 3.76. The highest BCUT2D eigenvalue weighted by molar-refractivity contribution is 6.15. The lowest BCUT2D eigenvalue weighted by molar-refractivity contribution is -0.129. The summed E-state index contributed by atoms with van der Waals surface area (Å²) in [6.45, 7) is 3.05. The minimum absolute atomic E-state index is 0.0732. The average molecular weight is 430 g/mol. The van der Waals surface area contributed by atoms with Crippen LogP contribution >= 0.6 is 0 Å². The van der Waals surface area contributed by atoms with Crippen molar-refractivity contribution in [3.63, 3.8) is 0 Å². The van der Waals surface area contributed by atoms with Crippen LogP contribution in [-0.4, -0.2) is 53.4 Å². The van der Waals surface area contributed by atoms with Crippen molar-refractivity contribution in [3.8, 4) is 5.75 Å². The number of hydrogen-bond donors (Lipinski definition) is 3. The van der Waals surface area contributed by atoms with Gasteiger partial charge in [0.05, 0.1) is 17.9 Å². The predicted molar refractivity (Wildman–Crippen MR) is 117 cm³/mol. The summed E-state index contributed by atoms with van der Waals surface area (Å²) in [5.74, 6) is -3.24. The van der Waals surface area contributed by atoms with Gasteiger partial charge in [0.2, 0.25) is 0 Å². The van der Waals surface area contributed by atoms with Gasteiger partial charge in [0.25, 0.3) is 0 Å². The highest BCUT2D eigenvalue weighted by Gasteiger charge is 2.46. The zero-order valence-electron chi connectivity index (χ0n) is 18.6. The van der Waals surface area contributed by atoms with E-state index >= 15 is 0 Å². The number of rotatable bonds is 7. The Morgan fingerprint density at radius 3 is 2.45 bits per heavy atom. The van der Waals surface area contributed by atoms with Crippen molar-refractivity contribution >= 4 is 23.0 Å². The fourth-order valence-electron chi connectivity index (χ4n) is 5.18. The molecule has 3 unspecified atom stereocenters. The van der Waals surface area contributed by atoms with Gasteiger partial charge in [-0.2, -0.15) is 0 Å². The molecular weight excluding hydrogens is 398 g/mol. The van der Waals surface area contributed by atoms with Crippen molar-refractivity contribution in [2.24, 2.45) is 17.8 Å². The third kappa shape index (κ3) is 3.99. The fourth-order valence-corrected chi connectivity index (χ4v) is 5.18. The standard InChI is InChI=1S/C24H31NO6/c1-5-13-11-17(25(3)4)16-10-15-9-14(6-7-26)19(18(28)8-12(2)27)23(30)20(15)24(31)21(16)22(13)29/h11,14-15,19,26,29-30H,5-10H2,1-4H3. The van der Waals surface area contributed by atoms with Gasteiger partial charge < -0.3 is 20.2 Å². The lowest BCUT2D eigenvalue weighted by Crippen LogP contribution is -2.39. The van der Waals surface area contributed by atoms with E-state index in [1.165, 1.54) is 6.92 Å². The number of allylic oxidation sites excluding steroid dienone is 2.